The average molecular weight is 583 g/mol. The van der Waals surface area contributed by atoms with Gasteiger partial charge in [0.05, 0.1) is 33.5 Å². The summed E-state index contributed by atoms with van der Waals surface area (Å²) in [5, 5.41) is 6.18. The van der Waals surface area contributed by atoms with Crippen LogP contribution in [0.5, 0.6) is 0 Å². The van der Waals surface area contributed by atoms with E-state index in [1.807, 2.05) is 51.9 Å². The van der Waals surface area contributed by atoms with Crippen LogP contribution in [0.2, 0.25) is 0 Å². The Balaban J connectivity index is 1.22. The zero-order valence-electron chi connectivity index (χ0n) is 23.1. The lowest BCUT2D eigenvalue weighted by Gasteiger charge is -2.16. The summed E-state index contributed by atoms with van der Waals surface area (Å²) in [5.74, 6) is 1.50. The molecule has 0 aliphatic carbocycles. The Morgan fingerprint density at radius 1 is 1.07 bits per heavy atom. The summed E-state index contributed by atoms with van der Waals surface area (Å²) >= 11 is 1.32. The Morgan fingerprint density at radius 2 is 1.93 bits per heavy atom. The number of thiophene rings is 1. The van der Waals surface area contributed by atoms with Crippen molar-refractivity contribution in [3.63, 3.8) is 0 Å². The van der Waals surface area contributed by atoms with E-state index in [0.717, 1.165) is 35.5 Å². The number of carbonyl (C=O) groups excluding carboxylic acids is 3. The first-order chi connectivity index (χ1) is 20.4. The number of rotatable bonds is 11. The molecule has 11 heteroatoms. The molecule has 1 saturated heterocycles. The van der Waals surface area contributed by atoms with Crippen LogP contribution in [0.4, 0.5) is 11.6 Å². The highest BCUT2D eigenvalue weighted by Crippen LogP contribution is 2.30. The van der Waals surface area contributed by atoms with E-state index in [9.17, 15) is 14.4 Å². The van der Waals surface area contributed by atoms with E-state index in [2.05, 4.69) is 15.6 Å². The van der Waals surface area contributed by atoms with E-state index in [0.29, 0.717) is 53.1 Å². The number of hydrogen-bond acceptors (Lipinski definition) is 8. The molecule has 1 aliphatic rings. The molecule has 3 aromatic heterocycles. The molecule has 42 heavy (non-hydrogen) atoms. The summed E-state index contributed by atoms with van der Waals surface area (Å²) in [7, 11) is 0. The number of imidazole rings is 1. The third kappa shape index (κ3) is 5.96. The highest BCUT2D eigenvalue weighted by Gasteiger charge is 2.21. The molecule has 4 heterocycles. The third-order valence-electron chi connectivity index (χ3n) is 7.20. The summed E-state index contributed by atoms with van der Waals surface area (Å²) in [6, 6.07) is 18.5. The van der Waals surface area contributed by atoms with Gasteiger partial charge in [-0.3, -0.25) is 19.7 Å². The molecule has 214 valence electrons. The third-order valence-corrected chi connectivity index (χ3v) is 8.30. The van der Waals surface area contributed by atoms with Crippen LogP contribution in [-0.4, -0.2) is 56.7 Å². The number of aromatic nitrogens is 3. The Hall–Kier alpha value is -4.77. The number of aryl methyl sites for hydroxylation is 2. The fourth-order valence-electron chi connectivity index (χ4n) is 5.06. The van der Waals surface area contributed by atoms with Gasteiger partial charge in [0.2, 0.25) is 11.9 Å². The highest BCUT2D eigenvalue weighted by molar-refractivity contribution is 7.17. The molecule has 2 amide bonds. The lowest BCUT2D eigenvalue weighted by Crippen LogP contribution is -2.26. The molecule has 0 spiro atoms. The quantitative estimate of drug-likeness (QED) is 0.194. The van der Waals surface area contributed by atoms with Crippen molar-refractivity contribution in [2.75, 3.05) is 30.3 Å². The summed E-state index contributed by atoms with van der Waals surface area (Å²) in [5.41, 5.74) is 2.93. The Morgan fingerprint density at radius 3 is 2.69 bits per heavy atom. The minimum absolute atomic E-state index is 0.0126. The van der Waals surface area contributed by atoms with E-state index >= 15 is 0 Å². The molecule has 1 fully saturated rings. The number of fused-ring (bicyclic) bond motifs is 1. The molecule has 2 aromatic carbocycles. The van der Waals surface area contributed by atoms with Gasteiger partial charge >= 0.3 is 0 Å². The smallest absolute Gasteiger partial charge is 0.268 e. The largest absolute Gasteiger partial charge is 0.440 e. The normalized spacial score (nSPS) is 13.2. The Bertz CT molecular complexity index is 1760. The van der Waals surface area contributed by atoms with Crippen LogP contribution in [0, 0.1) is 6.92 Å². The lowest BCUT2D eigenvalue weighted by atomic mass is 10.1. The van der Waals surface area contributed by atoms with Gasteiger partial charge in [0.25, 0.3) is 5.91 Å². The van der Waals surface area contributed by atoms with Crippen LogP contribution in [-0.2, 0) is 11.3 Å². The molecule has 0 atom stereocenters. The minimum atomic E-state index is -0.277. The molecule has 0 radical (unpaired) electrons. The predicted molar refractivity (Wildman–Crippen MR) is 162 cm³/mol. The van der Waals surface area contributed by atoms with E-state index < -0.39 is 0 Å². The number of oxazole rings is 1. The van der Waals surface area contributed by atoms with Crippen LogP contribution in [0.1, 0.15) is 45.2 Å². The maximum atomic E-state index is 13.3. The van der Waals surface area contributed by atoms with Crippen molar-refractivity contribution in [2.45, 2.75) is 32.7 Å². The number of carbonyl (C=O) groups is 3. The number of Topliss-reactive ketones (excluding diaryl/α,β-unsaturated/α-hetero) is 1. The van der Waals surface area contributed by atoms with Crippen molar-refractivity contribution in [2.24, 2.45) is 0 Å². The van der Waals surface area contributed by atoms with E-state index in [1.165, 1.54) is 11.3 Å². The monoisotopic (exact) mass is 582 g/mol. The van der Waals surface area contributed by atoms with Gasteiger partial charge in [0.15, 0.2) is 17.4 Å². The number of ketones is 1. The first kappa shape index (κ1) is 27.4. The van der Waals surface area contributed by atoms with Gasteiger partial charge in [0, 0.05) is 44.2 Å². The summed E-state index contributed by atoms with van der Waals surface area (Å²) in [4.78, 5) is 50.1. The molecule has 6 rings (SSSR count). The second-order valence-corrected chi connectivity index (χ2v) is 11.2. The zero-order chi connectivity index (χ0) is 29.1. The maximum Gasteiger partial charge on any atom is 0.268 e. The molecule has 1 aliphatic heterocycles. The Labute approximate surface area is 246 Å². The van der Waals surface area contributed by atoms with Gasteiger partial charge in [-0.15, -0.1) is 11.3 Å². The van der Waals surface area contributed by atoms with Crippen LogP contribution < -0.4 is 10.6 Å². The van der Waals surface area contributed by atoms with Crippen LogP contribution in [0.3, 0.4) is 0 Å². The van der Waals surface area contributed by atoms with E-state index in [-0.39, 0.29) is 24.1 Å². The van der Waals surface area contributed by atoms with Gasteiger partial charge < -0.3 is 19.2 Å². The standard InChI is InChI=1S/C31H30N6O4S/c1-20-32-19-26(41-20)27-12-13-28(42-27)30(40)35-31-34-23-17-22(33-18-25(38)21-7-3-2-4-8-21)10-11-24(23)37(31)16-6-15-36-14-5-9-29(36)39/h2-4,7-8,10-13,17,19,33H,5-6,9,14-16,18H2,1H3,(H,34,35,40). The van der Waals surface area contributed by atoms with Gasteiger partial charge in [-0.2, -0.15) is 0 Å². The number of anilines is 2. The maximum absolute atomic E-state index is 13.3. The molecule has 5 aromatic rings. The van der Waals surface area contributed by atoms with Crippen molar-refractivity contribution >= 4 is 51.6 Å². The van der Waals surface area contributed by atoms with Gasteiger partial charge in [-0.25, -0.2) is 9.97 Å². The number of benzene rings is 2. The van der Waals surface area contributed by atoms with Crippen molar-refractivity contribution in [1.29, 1.82) is 0 Å². The average Bonchev–Trinajstić information content (AvgIpc) is 3.80. The molecule has 0 saturated carbocycles. The molecular weight excluding hydrogens is 552 g/mol. The summed E-state index contributed by atoms with van der Waals surface area (Å²) < 4.78 is 7.57. The van der Waals surface area contributed by atoms with Crippen LogP contribution in [0.25, 0.3) is 21.7 Å². The number of amides is 2. The summed E-state index contributed by atoms with van der Waals surface area (Å²) in [6.07, 6.45) is 3.87. The first-order valence-corrected chi connectivity index (χ1v) is 14.7. The number of hydrogen-bond donors (Lipinski definition) is 2. The number of nitrogens with one attached hydrogen (secondary N) is 2. The van der Waals surface area contributed by atoms with Crippen molar-refractivity contribution in [3.05, 3.63) is 83.2 Å². The predicted octanol–water partition coefficient (Wildman–Crippen LogP) is 5.62. The van der Waals surface area contributed by atoms with Crippen LogP contribution in [0.15, 0.2) is 71.3 Å². The molecule has 0 unspecified atom stereocenters. The second kappa shape index (κ2) is 12.0. The van der Waals surface area contributed by atoms with Crippen LogP contribution >= 0.6 is 11.3 Å². The zero-order valence-corrected chi connectivity index (χ0v) is 23.9. The minimum Gasteiger partial charge on any atom is -0.440 e. The first-order valence-electron chi connectivity index (χ1n) is 13.9. The number of nitrogens with zero attached hydrogens (tertiary/aromatic N) is 4. The topological polar surface area (TPSA) is 122 Å². The van der Waals surface area contributed by atoms with Crippen molar-refractivity contribution in [1.82, 2.24) is 19.4 Å². The highest BCUT2D eigenvalue weighted by atomic mass is 32.1. The summed E-state index contributed by atoms with van der Waals surface area (Å²) in [6.45, 7) is 3.93. The molecule has 2 N–H and O–H groups in total. The van der Waals surface area contributed by atoms with E-state index in [1.54, 1.807) is 31.3 Å². The fraction of sp³-hybridized carbons (Fsp3) is 0.258. The van der Waals surface area contributed by atoms with Gasteiger partial charge in [0.1, 0.15) is 0 Å². The Kier molecular flexibility index (Phi) is 7.83. The fourth-order valence-corrected chi connectivity index (χ4v) is 5.91. The molecule has 10 nitrogen and oxygen atoms in total. The van der Waals surface area contributed by atoms with E-state index in [4.69, 9.17) is 9.40 Å². The molecule has 0 bridgehead atoms. The number of likely N-dealkylation sites (tertiary alicyclic amines) is 1. The van der Waals surface area contributed by atoms with Gasteiger partial charge in [-0.05, 0) is 43.2 Å². The van der Waals surface area contributed by atoms with Crippen molar-refractivity contribution in [3.8, 4) is 10.6 Å². The lowest BCUT2D eigenvalue weighted by molar-refractivity contribution is -0.127. The molecular formula is C31H30N6O4S. The van der Waals surface area contributed by atoms with Gasteiger partial charge in [-0.1, -0.05) is 30.3 Å². The SMILES string of the molecule is Cc1ncc(-c2ccc(C(=O)Nc3nc4cc(NCC(=O)c5ccccc5)ccc4n3CCCN3CCCC3=O)s2)o1. The second-order valence-electron chi connectivity index (χ2n) is 10.1. The van der Waals surface area contributed by atoms with Crippen molar-refractivity contribution < 1.29 is 18.8 Å².